The van der Waals surface area contributed by atoms with Gasteiger partial charge in [-0.1, -0.05) is 41.9 Å². The molecule has 2 nitrogen and oxygen atoms in total. The van der Waals surface area contributed by atoms with Gasteiger partial charge >= 0.3 is 0 Å². The smallest absolute Gasteiger partial charge is 0.0954 e. The van der Waals surface area contributed by atoms with Gasteiger partial charge in [0.25, 0.3) is 0 Å². The van der Waals surface area contributed by atoms with E-state index in [2.05, 4.69) is 39.9 Å². The number of imidazole rings is 1. The van der Waals surface area contributed by atoms with Crippen LogP contribution in [0.2, 0.25) is 5.02 Å². The summed E-state index contributed by atoms with van der Waals surface area (Å²) in [5, 5.41) is 0.867. The fourth-order valence-electron chi connectivity index (χ4n) is 3.34. The summed E-state index contributed by atoms with van der Waals surface area (Å²) in [5.41, 5.74) is 5.03. The van der Waals surface area contributed by atoms with Crippen molar-refractivity contribution in [3.63, 3.8) is 0 Å². The van der Waals surface area contributed by atoms with Crippen molar-refractivity contribution < 1.29 is 0 Å². The van der Waals surface area contributed by atoms with E-state index in [0.717, 1.165) is 17.9 Å². The van der Waals surface area contributed by atoms with Crippen molar-refractivity contribution in [2.75, 3.05) is 0 Å². The quantitative estimate of drug-likeness (QED) is 0.582. The highest BCUT2D eigenvalue weighted by molar-refractivity contribution is 6.30. The standard InChI is InChI=1S/C19H16Cl2N2/c20-16-6-3-14(4-7-16)19(23-10-9-22-12-23)15-2-1-13-5-8-18(21)17(13)11-15/h1-4,6-7,9-12,18-19H,5,8H2. The van der Waals surface area contributed by atoms with Gasteiger partial charge < -0.3 is 4.57 Å². The predicted molar refractivity (Wildman–Crippen MR) is 94.3 cm³/mol. The van der Waals surface area contributed by atoms with Gasteiger partial charge in [-0.25, -0.2) is 4.98 Å². The van der Waals surface area contributed by atoms with E-state index in [9.17, 15) is 0 Å². The fourth-order valence-corrected chi connectivity index (χ4v) is 3.78. The molecule has 1 aliphatic carbocycles. The molecular formula is C19H16Cl2N2. The van der Waals surface area contributed by atoms with Crippen LogP contribution in [0.5, 0.6) is 0 Å². The lowest BCUT2D eigenvalue weighted by Crippen LogP contribution is -2.11. The first-order valence-electron chi connectivity index (χ1n) is 7.72. The molecule has 0 bridgehead atoms. The van der Waals surface area contributed by atoms with Crippen LogP contribution >= 0.6 is 23.2 Å². The van der Waals surface area contributed by atoms with Crippen LogP contribution in [0.4, 0.5) is 0 Å². The van der Waals surface area contributed by atoms with Gasteiger partial charge in [0.05, 0.1) is 17.7 Å². The second kappa shape index (κ2) is 6.03. The number of alkyl halides is 1. The first kappa shape index (κ1) is 14.8. The number of hydrogen-bond donors (Lipinski definition) is 0. The van der Waals surface area contributed by atoms with Gasteiger partial charge in [-0.2, -0.15) is 0 Å². The first-order chi connectivity index (χ1) is 11.2. The highest BCUT2D eigenvalue weighted by Gasteiger charge is 2.23. The molecule has 0 fully saturated rings. The number of aryl methyl sites for hydroxylation is 1. The number of nitrogens with zero attached hydrogens (tertiary/aromatic N) is 2. The highest BCUT2D eigenvalue weighted by Crippen LogP contribution is 2.38. The molecule has 2 atom stereocenters. The van der Waals surface area contributed by atoms with Crippen molar-refractivity contribution in [1.82, 2.24) is 9.55 Å². The summed E-state index contributed by atoms with van der Waals surface area (Å²) in [7, 11) is 0. The van der Waals surface area contributed by atoms with Gasteiger partial charge in [0, 0.05) is 17.4 Å². The Morgan fingerprint density at radius 1 is 1.09 bits per heavy atom. The average Bonchev–Trinajstić information content (AvgIpc) is 3.21. The molecule has 0 saturated carbocycles. The summed E-state index contributed by atoms with van der Waals surface area (Å²) >= 11 is 12.5. The molecule has 0 amide bonds. The Morgan fingerprint density at radius 2 is 1.87 bits per heavy atom. The number of rotatable bonds is 3. The second-order valence-electron chi connectivity index (χ2n) is 5.93. The minimum Gasteiger partial charge on any atom is -0.326 e. The van der Waals surface area contributed by atoms with Crippen LogP contribution in [0.15, 0.2) is 61.2 Å². The van der Waals surface area contributed by atoms with Crippen LogP contribution < -0.4 is 0 Å². The van der Waals surface area contributed by atoms with Gasteiger partial charge in [0.15, 0.2) is 0 Å². The Kier molecular flexibility index (Phi) is 3.88. The summed E-state index contributed by atoms with van der Waals surface area (Å²) in [6.07, 6.45) is 7.74. The van der Waals surface area contributed by atoms with Crippen LogP contribution in [0.1, 0.15) is 40.1 Å². The summed E-state index contributed by atoms with van der Waals surface area (Å²) < 4.78 is 2.11. The van der Waals surface area contributed by atoms with Crippen molar-refractivity contribution >= 4 is 23.2 Å². The Morgan fingerprint density at radius 3 is 2.61 bits per heavy atom. The van der Waals surface area contributed by atoms with E-state index >= 15 is 0 Å². The molecule has 23 heavy (non-hydrogen) atoms. The van der Waals surface area contributed by atoms with E-state index in [0.29, 0.717) is 0 Å². The maximum Gasteiger partial charge on any atom is 0.0954 e. The van der Waals surface area contributed by atoms with Crippen molar-refractivity contribution in [3.05, 3.63) is 88.5 Å². The maximum atomic E-state index is 6.47. The zero-order valence-electron chi connectivity index (χ0n) is 12.5. The number of benzene rings is 2. The largest absolute Gasteiger partial charge is 0.326 e. The third-order valence-electron chi connectivity index (χ3n) is 4.50. The first-order valence-corrected chi connectivity index (χ1v) is 8.53. The van der Waals surface area contributed by atoms with Crippen LogP contribution in [-0.4, -0.2) is 9.55 Å². The Bertz CT molecular complexity index is 810. The molecule has 0 spiro atoms. The lowest BCUT2D eigenvalue weighted by atomic mass is 9.95. The fraction of sp³-hybridized carbons (Fsp3) is 0.211. The van der Waals surface area contributed by atoms with E-state index < -0.39 is 0 Å². The van der Waals surface area contributed by atoms with E-state index in [1.54, 1.807) is 6.20 Å². The molecule has 0 saturated heterocycles. The Balaban J connectivity index is 1.83. The molecule has 0 N–H and O–H groups in total. The van der Waals surface area contributed by atoms with Gasteiger partial charge in [0.1, 0.15) is 0 Å². The lowest BCUT2D eigenvalue weighted by Gasteiger charge is -2.21. The van der Waals surface area contributed by atoms with E-state index in [-0.39, 0.29) is 11.4 Å². The van der Waals surface area contributed by atoms with Crippen LogP contribution in [0.25, 0.3) is 0 Å². The summed E-state index contributed by atoms with van der Waals surface area (Å²) in [6, 6.07) is 14.7. The van der Waals surface area contributed by atoms with Crippen LogP contribution in [-0.2, 0) is 6.42 Å². The number of aromatic nitrogens is 2. The van der Waals surface area contributed by atoms with E-state index in [1.807, 2.05) is 24.7 Å². The van der Waals surface area contributed by atoms with E-state index in [1.165, 1.54) is 22.3 Å². The van der Waals surface area contributed by atoms with Gasteiger partial charge in [0.2, 0.25) is 0 Å². The summed E-state index contributed by atoms with van der Waals surface area (Å²) in [6.45, 7) is 0. The Hall–Kier alpha value is -1.77. The summed E-state index contributed by atoms with van der Waals surface area (Å²) in [4.78, 5) is 4.21. The minimum absolute atomic E-state index is 0.0736. The summed E-state index contributed by atoms with van der Waals surface area (Å²) in [5.74, 6) is 0. The SMILES string of the molecule is Clc1ccc(C(c2ccc3c(c2)C(Cl)CC3)n2ccnc2)cc1. The molecule has 4 rings (SSSR count). The molecule has 3 aromatic rings. The van der Waals surface area contributed by atoms with Gasteiger partial charge in [-0.05, 0) is 47.2 Å². The Labute approximate surface area is 145 Å². The molecule has 1 aliphatic rings. The minimum atomic E-state index is 0.0736. The highest BCUT2D eigenvalue weighted by atomic mass is 35.5. The normalized spacial score (nSPS) is 17.9. The second-order valence-corrected chi connectivity index (χ2v) is 6.89. The number of halogens is 2. The maximum absolute atomic E-state index is 6.47. The van der Waals surface area contributed by atoms with Gasteiger partial charge in [-0.15, -0.1) is 11.6 Å². The molecule has 2 aromatic carbocycles. The van der Waals surface area contributed by atoms with Gasteiger partial charge in [-0.3, -0.25) is 0 Å². The molecule has 0 radical (unpaired) electrons. The third-order valence-corrected chi connectivity index (χ3v) is 5.20. The monoisotopic (exact) mass is 342 g/mol. The molecular weight excluding hydrogens is 327 g/mol. The van der Waals surface area contributed by atoms with Crippen LogP contribution in [0.3, 0.4) is 0 Å². The molecule has 0 aliphatic heterocycles. The average molecular weight is 343 g/mol. The van der Waals surface area contributed by atoms with Crippen molar-refractivity contribution in [2.45, 2.75) is 24.3 Å². The molecule has 2 unspecified atom stereocenters. The zero-order valence-corrected chi connectivity index (χ0v) is 14.0. The molecule has 1 heterocycles. The molecule has 1 aromatic heterocycles. The zero-order chi connectivity index (χ0) is 15.8. The number of fused-ring (bicyclic) bond motifs is 1. The number of hydrogen-bond acceptors (Lipinski definition) is 1. The topological polar surface area (TPSA) is 17.8 Å². The van der Waals surface area contributed by atoms with Crippen LogP contribution in [0, 0.1) is 0 Å². The lowest BCUT2D eigenvalue weighted by molar-refractivity contribution is 0.676. The molecule has 4 heteroatoms. The third kappa shape index (κ3) is 2.77. The van der Waals surface area contributed by atoms with Crippen molar-refractivity contribution in [3.8, 4) is 0 Å². The van der Waals surface area contributed by atoms with Crippen molar-refractivity contribution in [2.24, 2.45) is 0 Å². The predicted octanol–water partition coefficient (Wildman–Crippen LogP) is 5.40. The van der Waals surface area contributed by atoms with E-state index in [4.69, 9.17) is 23.2 Å². The van der Waals surface area contributed by atoms with Crippen molar-refractivity contribution in [1.29, 1.82) is 0 Å². The molecule has 116 valence electrons.